The Balaban J connectivity index is 1.54. The Morgan fingerprint density at radius 1 is 0.966 bits per heavy atom. The molecule has 0 spiro atoms. The second-order valence-electron chi connectivity index (χ2n) is 6.35. The van der Waals surface area contributed by atoms with Crippen molar-refractivity contribution in [2.75, 3.05) is 0 Å². The Morgan fingerprint density at radius 3 is 2.72 bits per heavy atom. The molecule has 0 atom stereocenters. The number of fused-ring (bicyclic) bond motifs is 2. The molecule has 0 saturated heterocycles. The molecular formula is C19H16N8S2. The Kier molecular flexibility index (Phi) is 4.64. The zero-order chi connectivity index (χ0) is 19.8. The topological polar surface area (TPSA) is 86.7 Å². The van der Waals surface area contributed by atoms with Crippen molar-refractivity contribution in [3.63, 3.8) is 0 Å². The van der Waals surface area contributed by atoms with Gasteiger partial charge in [-0.15, -0.1) is 20.4 Å². The van der Waals surface area contributed by atoms with Crippen LogP contribution in [-0.4, -0.2) is 39.6 Å². The van der Waals surface area contributed by atoms with Crippen molar-refractivity contribution >= 4 is 40.1 Å². The van der Waals surface area contributed by atoms with Crippen molar-refractivity contribution in [2.45, 2.75) is 33.4 Å². The first-order valence-electron chi connectivity index (χ1n) is 9.01. The Morgan fingerprint density at radius 2 is 1.90 bits per heavy atom. The number of hydrogen-bond donors (Lipinski definition) is 0. The van der Waals surface area contributed by atoms with Gasteiger partial charge in [0.2, 0.25) is 5.16 Å². The number of hydrogen-bond acceptors (Lipinski definition) is 8. The molecule has 5 aromatic rings. The largest absolute Gasteiger partial charge is 0.311 e. The average molecular weight is 421 g/mol. The summed E-state index contributed by atoms with van der Waals surface area (Å²) < 4.78 is 3.70. The van der Waals surface area contributed by atoms with Gasteiger partial charge in [0.05, 0.1) is 11.2 Å². The van der Waals surface area contributed by atoms with Crippen LogP contribution in [0.3, 0.4) is 0 Å². The molecule has 29 heavy (non-hydrogen) atoms. The van der Waals surface area contributed by atoms with Crippen LogP contribution in [0, 0.1) is 0 Å². The summed E-state index contributed by atoms with van der Waals surface area (Å²) in [6, 6.07) is 12.1. The fourth-order valence-electron chi connectivity index (χ4n) is 2.88. The van der Waals surface area contributed by atoms with Gasteiger partial charge in [0.1, 0.15) is 6.33 Å². The quantitative estimate of drug-likeness (QED) is 0.426. The predicted molar refractivity (Wildman–Crippen MR) is 111 cm³/mol. The van der Waals surface area contributed by atoms with E-state index in [0.717, 1.165) is 48.8 Å². The van der Waals surface area contributed by atoms with E-state index < -0.39 is 0 Å². The molecule has 0 unspecified atom stereocenters. The Hall–Kier alpha value is -2.98. The monoisotopic (exact) mass is 420 g/mol. The van der Waals surface area contributed by atoms with Gasteiger partial charge in [-0.3, -0.25) is 4.98 Å². The maximum absolute atomic E-state index is 4.64. The van der Waals surface area contributed by atoms with Crippen LogP contribution in [0.2, 0.25) is 0 Å². The molecule has 8 nitrogen and oxygen atoms in total. The third-order valence-corrected chi connectivity index (χ3v) is 6.46. The molecule has 4 heterocycles. The first kappa shape index (κ1) is 18.1. The number of nitrogens with zero attached hydrogens (tertiary/aromatic N) is 8. The summed E-state index contributed by atoms with van der Waals surface area (Å²) in [4.78, 5) is 6.62. The van der Waals surface area contributed by atoms with Gasteiger partial charge in [0.25, 0.3) is 0 Å². The van der Waals surface area contributed by atoms with Gasteiger partial charge in [-0.2, -0.15) is 9.61 Å². The van der Waals surface area contributed by atoms with E-state index in [1.807, 2.05) is 48.1 Å². The zero-order valence-electron chi connectivity index (χ0n) is 15.7. The van der Waals surface area contributed by atoms with Crippen molar-refractivity contribution in [1.82, 2.24) is 39.6 Å². The van der Waals surface area contributed by atoms with Crippen LogP contribution in [0.4, 0.5) is 0 Å². The maximum atomic E-state index is 4.64. The van der Waals surface area contributed by atoms with Crippen LogP contribution in [0.5, 0.6) is 0 Å². The summed E-state index contributed by atoms with van der Waals surface area (Å²) in [5.74, 6) is 0. The van der Waals surface area contributed by atoms with Gasteiger partial charge >= 0.3 is 0 Å². The number of aromatic nitrogens is 8. The van der Waals surface area contributed by atoms with E-state index in [-0.39, 0.29) is 0 Å². The highest BCUT2D eigenvalue weighted by molar-refractivity contribution is 7.99. The van der Waals surface area contributed by atoms with E-state index in [0.29, 0.717) is 0 Å². The maximum Gasteiger partial charge on any atom is 0.217 e. The van der Waals surface area contributed by atoms with Crippen LogP contribution in [-0.2, 0) is 13.5 Å². The lowest BCUT2D eigenvalue weighted by Gasteiger charge is -2.07. The van der Waals surface area contributed by atoms with Gasteiger partial charge in [0, 0.05) is 28.4 Å². The van der Waals surface area contributed by atoms with Gasteiger partial charge < -0.3 is 4.57 Å². The minimum absolute atomic E-state index is 0.731. The van der Waals surface area contributed by atoms with E-state index in [2.05, 4.69) is 43.5 Å². The molecule has 1 aromatic carbocycles. The lowest BCUT2D eigenvalue weighted by molar-refractivity contribution is 0.775. The van der Waals surface area contributed by atoms with Crippen molar-refractivity contribution < 1.29 is 0 Å². The highest BCUT2D eigenvalue weighted by atomic mass is 32.2. The molecule has 0 fully saturated rings. The highest BCUT2D eigenvalue weighted by Gasteiger charge is 2.13. The molecule has 0 aliphatic rings. The van der Waals surface area contributed by atoms with Gasteiger partial charge in [-0.05, 0) is 66.3 Å². The zero-order valence-corrected chi connectivity index (χ0v) is 17.4. The van der Waals surface area contributed by atoms with Crippen LogP contribution in [0.15, 0.2) is 69.0 Å². The molecule has 144 valence electrons. The molecule has 0 bridgehead atoms. The molecule has 0 radical (unpaired) electrons. The summed E-state index contributed by atoms with van der Waals surface area (Å²) in [7, 11) is 1.93. The van der Waals surface area contributed by atoms with E-state index in [4.69, 9.17) is 0 Å². The number of benzene rings is 1. The normalized spacial score (nSPS) is 11.5. The first-order valence-corrected chi connectivity index (χ1v) is 10.6. The SMILES string of the molecule is CCc1ccc2nnc(Sc3ccnc4ccc(Sc5nncn5C)cc34)n2n1. The molecule has 10 heteroatoms. The highest BCUT2D eigenvalue weighted by Crippen LogP contribution is 2.35. The van der Waals surface area contributed by atoms with Crippen molar-refractivity contribution in [2.24, 2.45) is 7.05 Å². The van der Waals surface area contributed by atoms with E-state index >= 15 is 0 Å². The van der Waals surface area contributed by atoms with Crippen LogP contribution < -0.4 is 0 Å². The van der Waals surface area contributed by atoms with E-state index in [1.54, 1.807) is 22.6 Å². The number of rotatable bonds is 5. The van der Waals surface area contributed by atoms with E-state index in [1.165, 1.54) is 11.8 Å². The minimum atomic E-state index is 0.731. The van der Waals surface area contributed by atoms with Crippen molar-refractivity contribution in [3.8, 4) is 0 Å². The second kappa shape index (κ2) is 7.45. The molecule has 5 rings (SSSR count). The second-order valence-corrected chi connectivity index (χ2v) is 8.40. The van der Waals surface area contributed by atoms with Crippen LogP contribution in [0.1, 0.15) is 12.6 Å². The molecule has 0 saturated carbocycles. The lowest BCUT2D eigenvalue weighted by Crippen LogP contribution is -1.98. The summed E-state index contributed by atoms with van der Waals surface area (Å²) in [6.45, 7) is 2.08. The molecular weight excluding hydrogens is 404 g/mol. The Labute approximate surface area is 174 Å². The fourth-order valence-corrected chi connectivity index (χ4v) is 4.59. The van der Waals surface area contributed by atoms with Crippen molar-refractivity contribution in [3.05, 3.63) is 54.6 Å². The standard InChI is InChI=1S/C19H16N8S2/c1-3-12-4-7-17-22-24-19(27(17)25-12)29-16-8-9-20-15-6-5-13(10-14(15)16)28-18-23-21-11-26(18)2/h4-11H,3H2,1-2H3. The summed E-state index contributed by atoms with van der Waals surface area (Å²) in [5.41, 5.74) is 2.66. The van der Waals surface area contributed by atoms with Crippen molar-refractivity contribution in [1.29, 1.82) is 0 Å². The van der Waals surface area contributed by atoms with E-state index in [9.17, 15) is 0 Å². The summed E-state index contributed by atoms with van der Waals surface area (Å²) in [5, 5.41) is 23.9. The van der Waals surface area contributed by atoms with Gasteiger partial charge in [-0.25, -0.2) is 0 Å². The fraction of sp³-hybridized carbons (Fsp3) is 0.158. The Bertz CT molecular complexity index is 1330. The summed E-state index contributed by atoms with van der Waals surface area (Å²) in [6.07, 6.45) is 4.37. The summed E-state index contributed by atoms with van der Waals surface area (Å²) >= 11 is 3.10. The lowest BCUT2D eigenvalue weighted by atomic mass is 10.2. The minimum Gasteiger partial charge on any atom is -0.311 e. The first-order chi connectivity index (χ1) is 14.2. The third kappa shape index (κ3) is 3.45. The van der Waals surface area contributed by atoms with Gasteiger partial charge in [0.15, 0.2) is 10.8 Å². The molecule has 0 aliphatic carbocycles. The van der Waals surface area contributed by atoms with Gasteiger partial charge in [-0.1, -0.05) is 6.92 Å². The van der Waals surface area contributed by atoms with Crippen LogP contribution >= 0.6 is 23.5 Å². The number of aryl methyl sites for hydroxylation is 2. The molecule has 0 aliphatic heterocycles. The van der Waals surface area contributed by atoms with Crippen LogP contribution in [0.25, 0.3) is 16.6 Å². The average Bonchev–Trinajstić information content (AvgIpc) is 3.34. The molecule has 0 amide bonds. The number of pyridine rings is 1. The third-order valence-electron chi connectivity index (χ3n) is 4.40. The predicted octanol–water partition coefficient (Wildman–Crippen LogP) is 3.67. The smallest absolute Gasteiger partial charge is 0.217 e. The molecule has 4 aromatic heterocycles. The molecule has 0 N–H and O–H groups in total.